The summed E-state index contributed by atoms with van der Waals surface area (Å²) in [5.41, 5.74) is 2.92. The van der Waals surface area contributed by atoms with Crippen molar-refractivity contribution < 1.29 is 9.53 Å². The number of benzene rings is 2. The van der Waals surface area contributed by atoms with E-state index in [9.17, 15) is 4.79 Å². The Hall–Kier alpha value is -2.72. The Morgan fingerprint density at radius 3 is 2.57 bits per heavy atom. The molecule has 1 amide bonds. The third-order valence-corrected chi connectivity index (χ3v) is 5.41. The number of rotatable bonds is 10. The van der Waals surface area contributed by atoms with Gasteiger partial charge >= 0.3 is 0 Å². The van der Waals surface area contributed by atoms with E-state index in [4.69, 9.17) is 16.3 Å². The smallest absolute Gasteiger partial charge is 0.254 e. The topological polar surface area (TPSA) is 34.5 Å². The van der Waals surface area contributed by atoms with Gasteiger partial charge < -0.3 is 14.2 Å². The molecule has 0 spiro atoms. The molecule has 0 aliphatic carbocycles. The average Bonchev–Trinajstić information content (AvgIpc) is 3.19. The van der Waals surface area contributed by atoms with Gasteiger partial charge in [-0.3, -0.25) is 4.79 Å². The van der Waals surface area contributed by atoms with Crippen LogP contribution in [0.3, 0.4) is 0 Å². The highest BCUT2D eigenvalue weighted by Crippen LogP contribution is 2.18. The molecule has 0 N–H and O–H groups in total. The van der Waals surface area contributed by atoms with Crippen LogP contribution in [0.25, 0.3) is 0 Å². The standard InChI is InChI=1S/C25H29ClN2O2/c1-3-4-5-15-28(25(29)21-11-13-24(30-2)14-12-21)19-23-10-7-16-27(23)18-20-8-6-9-22(26)17-20/h6-14,16-17H,3-5,15,18-19H2,1-2H3. The second-order valence-corrected chi connectivity index (χ2v) is 7.86. The van der Waals surface area contributed by atoms with E-state index in [1.807, 2.05) is 53.4 Å². The van der Waals surface area contributed by atoms with E-state index in [0.29, 0.717) is 12.1 Å². The van der Waals surface area contributed by atoms with Gasteiger partial charge in [0.2, 0.25) is 0 Å². The lowest BCUT2D eigenvalue weighted by Crippen LogP contribution is -2.32. The van der Waals surface area contributed by atoms with E-state index in [1.54, 1.807) is 7.11 Å². The van der Waals surface area contributed by atoms with Gasteiger partial charge in [-0.1, -0.05) is 43.5 Å². The molecule has 3 rings (SSSR count). The number of nitrogens with zero attached hydrogens (tertiary/aromatic N) is 2. The normalized spacial score (nSPS) is 10.8. The van der Waals surface area contributed by atoms with Crippen LogP contribution in [-0.4, -0.2) is 29.0 Å². The summed E-state index contributed by atoms with van der Waals surface area (Å²) in [5.74, 6) is 0.795. The first kappa shape index (κ1) is 22.0. The van der Waals surface area contributed by atoms with E-state index >= 15 is 0 Å². The molecular formula is C25H29ClN2O2. The van der Waals surface area contributed by atoms with Gasteiger partial charge in [0.1, 0.15) is 5.75 Å². The van der Waals surface area contributed by atoms with Gasteiger partial charge in [0.25, 0.3) is 5.91 Å². The molecule has 4 nitrogen and oxygen atoms in total. The SMILES string of the molecule is CCCCCN(Cc1cccn1Cc1cccc(Cl)c1)C(=O)c1ccc(OC)cc1. The van der Waals surface area contributed by atoms with Gasteiger partial charge in [-0.25, -0.2) is 0 Å². The Kier molecular flexibility index (Phi) is 7.97. The first-order chi connectivity index (χ1) is 14.6. The minimum Gasteiger partial charge on any atom is -0.497 e. The first-order valence-corrected chi connectivity index (χ1v) is 10.8. The quantitative estimate of drug-likeness (QED) is 0.372. The Bertz CT molecular complexity index is 950. The van der Waals surface area contributed by atoms with Gasteiger partial charge in [-0.15, -0.1) is 0 Å². The summed E-state index contributed by atoms with van der Waals surface area (Å²) in [6.45, 7) is 4.21. The fraction of sp³-hybridized carbons (Fsp3) is 0.320. The third-order valence-electron chi connectivity index (χ3n) is 5.17. The highest BCUT2D eigenvalue weighted by atomic mass is 35.5. The van der Waals surface area contributed by atoms with Crippen LogP contribution in [0.5, 0.6) is 5.75 Å². The molecule has 0 radical (unpaired) electrons. The second kappa shape index (κ2) is 10.9. The summed E-state index contributed by atoms with van der Waals surface area (Å²) in [6.07, 6.45) is 5.28. The fourth-order valence-electron chi connectivity index (χ4n) is 3.50. The number of halogens is 1. The molecule has 0 aliphatic rings. The largest absolute Gasteiger partial charge is 0.497 e. The van der Waals surface area contributed by atoms with Crippen molar-refractivity contribution in [2.75, 3.05) is 13.7 Å². The molecule has 0 saturated heterocycles. The first-order valence-electron chi connectivity index (χ1n) is 10.4. The molecule has 0 saturated carbocycles. The molecule has 1 aromatic heterocycles. The molecule has 158 valence electrons. The number of hydrogen-bond donors (Lipinski definition) is 0. The zero-order valence-electron chi connectivity index (χ0n) is 17.7. The fourth-order valence-corrected chi connectivity index (χ4v) is 3.71. The lowest BCUT2D eigenvalue weighted by molar-refractivity contribution is 0.0736. The van der Waals surface area contributed by atoms with Crippen LogP contribution >= 0.6 is 11.6 Å². The van der Waals surface area contributed by atoms with Crippen molar-refractivity contribution in [2.45, 2.75) is 39.3 Å². The van der Waals surface area contributed by atoms with Crippen molar-refractivity contribution in [3.63, 3.8) is 0 Å². The molecule has 0 unspecified atom stereocenters. The van der Waals surface area contributed by atoms with Gasteiger partial charge in [0.05, 0.1) is 13.7 Å². The molecule has 0 bridgehead atoms. The maximum Gasteiger partial charge on any atom is 0.254 e. The van der Waals surface area contributed by atoms with Crippen molar-refractivity contribution in [3.8, 4) is 5.75 Å². The van der Waals surface area contributed by atoms with Crippen molar-refractivity contribution in [1.29, 1.82) is 0 Å². The average molecular weight is 425 g/mol. The lowest BCUT2D eigenvalue weighted by atomic mass is 10.1. The Morgan fingerprint density at radius 1 is 1.07 bits per heavy atom. The van der Waals surface area contributed by atoms with Crippen LogP contribution in [0.2, 0.25) is 5.02 Å². The summed E-state index contributed by atoms with van der Waals surface area (Å²) in [7, 11) is 1.63. The van der Waals surface area contributed by atoms with Crippen LogP contribution in [0, 0.1) is 0 Å². The van der Waals surface area contributed by atoms with E-state index in [1.165, 1.54) is 0 Å². The van der Waals surface area contributed by atoms with Crippen molar-refractivity contribution in [2.24, 2.45) is 0 Å². The number of aromatic nitrogens is 1. The zero-order valence-corrected chi connectivity index (χ0v) is 18.4. The molecular weight excluding hydrogens is 396 g/mol. The number of amides is 1. The maximum absolute atomic E-state index is 13.2. The molecule has 0 atom stereocenters. The van der Waals surface area contributed by atoms with E-state index in [-0.39, 0.29) is 5.91 Å². The Balaban J connectivity index is 1.77. The van der Waals surface area contributed by atoms with Gasteiger partial charge in [-0.2, -0.15) is 0 Å². The monoisotopic (exact) mass is 424 g/mol. The van der Waals surface area contributed by atoms with Crippen LogP contribution in [-0.2, 0) is 13.1 Å². The van der Waals surface area contributed by atoms with Crippen LogP contribution in [0.1, 0.15) is 47.8 Å². The second-order valence-electron chi connectivity index (χ2n) is 7.42. The van der Waals surface area contributed by atoms with E-state index < -0.39 is 0 Å². The highest BCUT2D eigenvalue weighted by molar-refractivity contribution is 6.30. The van der Waals surface area contributed by atoms with Gasteiger partial charge in [0, 0.05) is 35.6 Å². The number of carbonyl (C=O) groups excluding carboxylic acids is 1. The number of ether oxygens (including phenoxy) is 1. The third kappa shape index (κ3) is 5.90. The molecule has 0 fully saturated rings. The Morgan fingerprint density at radius 2 is 1.87 bits per heavy atom. The summed E-state index contributed by atoms with van der Waals surface area (Å²) in [6, 6.07) is 19.3. The van der Waals surface area contributed by atoms with Crippen LogP contribution < -0.4 is 4.74 Å². The predicted molar refractivity (Wildman–Crippen MR) is 122 cm³/mol. The minimum absolute atomic E-state index is 0.0456. The predicted octanol–water partition coefficient (Wildman–Crippen LogP) is 6.03. The maximum atomic E-state index is 13.2. The van der Waals surface area contributed by atoms with E-state index in [0.717, 1.165) is 54.4 Å². The van der Waals surface area contributed by atoms with Gasteiger partial charge in [0.15, 0.2) is 0 Å². The summed E-state index contributed by atoms with van der Waals surface area (Å²) < 4.78 is 7.40. The van der Waals surface area contributed by atoms with E-state index in [2.05, 4.69) is 29.8 Å². The molecule has 1 heterocycles. The van der Waals surface area contributed by atoms with Crippen LogP contribution in [0.4, 0.5) is 0 Å². The van der Waals surface area contributed by atoms with Gasteiger partial charge in [-0.05, 0) is 60.5 Å². The van der Waals surface area contributed by atoms with Crippen molar-refractivity contribution in [3.05, 3.63) is 88.7 Å². The number of hydrogen-bond acceptors (Lipinski definition) is 2. The molecule has 2 aromatic carbocycles. The summed E-state index contributed by atoms with van der Waals surface area (Å²) in [4.78, 5) is 15.2. The zero-order chi connectivity index (χ0) is 21.3. The minimum atomic E-state index is 0.0456. The number of carbonyl (C=O) groups is 1. The highest BCUT2D eigenvalue weighted by Gasteiger charge is 2.17. The molecule has 5 heteroatoms. The van der Waals surface area contributed by atoms with Crippen LogP contribution in [0.15, 0.2) is 66.9 Å². The van der Waals surface area contributed by atoms with Crippen molar-refractivity contribution >= 4 is 17.5 Å². The van der Waals surface area contributed by atoms with Crippen molar-refractivity contribution in [1.82, 2.24) is 9.47 Å². The number of unbranched alkanes of at least 4 members (excludes halogenated alkanes) is 2. The number of methoxy groups -OCH3 is 1. The Labute approximate surface area is 184 Å². The lowest BCUT2D eigenvalue weighted by Gasteiger charge is -2.24. The summed E-state index contributed by atoms with van der Waals surface area (Å²) >= 11 is 6.14. The molecule has 3 aromatic rings. The summed E-state index contributed by atoms with van der Waals surface area (Å²) in [5, 5.41) is 0.733. The molecule has 30 heavy (non-hydrogen) atoms. The molecule has 0 aliphatic heterocycles.